The Balaban J connectivity index is 1.71. The van der Waals surface area contributed by atoms with Crippen LogP contribution in [0.5, 0.6) is 0 Å². The van der Waals surface area contributed by atoms with E-state index in [1.165, 1.54) is 16.9 Å². The van der Waals surface area contributed by atoms with Gasteiger partial charge in [0.2, 0.25) is 0 Å². The van der Waals surface area contributed by atoms with Gasteiger partial charge in [0.15, 0.2) is 0 Å². The van der Waals surface area contributed by atoms with Crippen LogP contribution in [0.25, 0.3) is 16.8 Å². The van der Waals surface area contributed by atoms with Crippen molar-refractivity contribution in [3.8, 4) is 11.3 Å². The van der Waals surface area contributed by atoms with Crippen molar-refractivity contribution in [1.29, 1.82) is 5.41 Å². The Morgan fingerprint density at radius 3 is 2.39 bits per heavy atom. The number of hydrogen-bond acceptors (Lipinski definition) is 4. The fraction of sp³-hybridized carbons (Fsp3) is 0.217. The SMILES string of the molecule is Cc1ccc(-c2nc(C3=C(O)CN(c4cc(C)ccc4C)C3=N)sc2C)cc1. The van der Waals surface area contributed by atoms with E-state index in [0.29, 0.717) is 23.0 Å². The lowest BCUT2D eigenvalue weighted by Crippen LogP contribution is -2.26. The van der Waals surface area contributed by atoms with Gasteiger partial charge in [0, 0.05) is 16.1 Å². The number of rotatable bonds is 3. The molecule has 0 saturated heterocycles. The van der Waals surface area contributed by atoms with E-state index in [1.54, 1.807) is 0 Å². The van der Waals surface area contributed by atoms with E-state index in [4.69, 9.17) is 10.4 Å². The Kier molecular flexibility index (Phi) is 4.55. The second-order valence-corrected chi connectivity index (χ2v) is 8.54. The van der Waals surface area contributed by atoms with E-state index in [1.807, 2.05) is 25.7 Å². The van der Waals surface area contributed by atoms with E-state index in [2.05, 4.69) is 49.4 Å². The molecule has 0 atom stereocenters. The number of thiazole rings is 1. The van der Waals surface area contributed by atoms with Gasteiger partial charge in [0.25, 0.3) is 0 Å². The molecule has 142 valence electrons. The van der Waals surface area contributed by atoms with E-state index < -0.39 is 0 Å². The predicted octanol–water partition coefficient (Wildman–Crippen LogP) is 5.81. The van der Waals surface area contributed by atoms with Crippen LogP contribution in [0.2, 0.25) is 0 Å². The summed E-state index contributed by atoms with van der Waals surface area (Å²) in [6.45, 7) is 8.47. The molecule has 1 aromatic heterocycles. The molecule has 4 rings (SSSR count). The van der Waals surface area contributed by atoms with Gasteiger partial charge in [-0.3, -0.25) is 5.41 Å². The molecule has 0 spiro atoms. The molecule has 28 heavy (non-hydrogen) atoms. The summed E-state index contributed by atoms with van der Waals surface area (Å²) in [5.41, 5.74) is 6.89. The molecule has 1 aliphatic heterocycles. The lowest BCUT2D eigenvalue weighted by molar-refractivity contribution is 0.411. The standard InChI is InChI=1S/C23H23N3OS/c1-13-6-9-17(10-7-13)21-16(4)28-23(25-21)20-19(27)12-26(22(20)24)18-11-14(2)5-8-15(18)3/h5-11,24,27H,12H2,1-4H3. The monoisotopic (exact) mass is 389 g/mol. The van der Waals surface area contributed by atoms with Crippen LogP contribution in [0.15, 0.2) is 48.2 Å². The minimum absolute atomic E-state index is 0.204. The zero-order chi connectivity index (χ0) is 20.0. The smallest absolute Gasteiger partial charge is 0.139 e. The van der Waals surface area contributed by atoms with Crippen molar-refractivity contribution in [2.45, 2.75) is 27.7 Å². The second-order valence-electron chi connectivity index (χ2n) is 7.34. The Morgan fingerprint density at radius 2 is 1.68 bits per heavy atom. The van der Waals surface area contributed by atoms with Crippen molar-refractivity contribution in [1.82, 2.24) is 4.98 Å². The maximum Gasteiger partial charge on any atom is 0.139 e. The first-order valence-electron chi connectivity index (χ1n) is 9.26. The molecule has 5 heteroatoms. The number of aliphatic hydroxyl groups excluding tert-OH is 1. The van der Waals surface area contributed by atoms with Gasteiger partial charge in [-0.05, 0) is 44.9 Å². The minimum atomic E-state index is 0.204. The maximum absolute atomic E-state index is 10.7. The highest BCUT2D eigenvalue weighted by Crippen LogP contribution is 2.37. The summed E-state index contributed by atoms with van der Waals surface area (Å²) in [4.78, 5) is 7.73. The molecule has 2 N–H and O–H groups in total. The molecule has 0 amide bonds. The van der Waals surface area contributed by atoms with Crippen molar-refractivity contribution in [2.75, 3.05) is 11.4 Å². The molecule has 2 heterocycles. The van der Waals surface area contributed by atoms with Crippen molar-refractivity contribution in [3.05, 3.63) is 74.8 Å². The second kappa shape index (κ2) is 6.91. The molecular formula is C23H23N3OS. The van der Waals surface area contributed by atoms with Gasteiger partial charge in [-0.1, -0.05) is 42.0 Å². The Bertz CT molecular complexity index is 1110. The predicted molar refractivity (Wildman–Crippen MR) is 118 cm³/mol. The third-order valence-corrected chi connectivity index (χ3v) is 6.08. The first-order valence-corrected chi connectivity index (χ1v) is 10.1. The van der Waals surface area contributed by atoms with Crippen molar-refractivity contribution >= 4 is 28.4 Å². The molecule has 0 aliphatic carbocycles. The number of amidine groups is 1. The fourth-order valence-electron chi connectivity index (χ4n) is 3.50. The average molecular weight is 390 g/mol. The average Bonchev–Trinajstić information content (AvgIpc) is 3.17. The van der Waals surface area contributed by atoms with Crippen LogP contribution in [0.1, 0.15) is 26.6 Å². The molecule has 0 bridgehead atoms. The molecule has 0 fully saturated rings. The van der Waals surface area contributed by atoms with Crippen LogP contribution < -0.4 is 4.90 Å². The van der Waals surface area contributed by atoms with Gasteiger partial charge in [0.05, 0.1) is 17.8 Å². The van der Waals surface area contributed by atoms with E-state index >= 15 is 0 Å². The van der Waals surface area contributed by atoms with Gasteiger partial charge >= 0.3 is 0 Å². The first kappa shape index (κ1) is 18.4. The molecule has 2 aromatic carbocycles. The highest BCUT2D eigenvalue weighted by Gasteiger charge is 2.32. The number of aromatic nitrogens is 1. The zero-order valence-electron chi connectivity index (χ0n) is 16.5. The fourth-order valence-corrected chi connectivity index (χ4v) is 4.51. The summed E-state index contributed by atoms with van der Waals surface area (Å²) in [6.07, 6.45) is 0. The van der Waals surface area contributed by atoms with Gasteiger partial charge in [-0.25, -0.2) is 4.98 Å². The van der Waals surface area contributed by atoms with Gasteiger partial charge < -0.3 is 10.0 Å². The van der Waals surface area contributed by atoms with E-state index in [-0.39, 0.29) is 5.76 Å². The van der Waals surface area contributed by atoms with Gasteiger partial charge in [-0.2, -0.15) is 0 Å². The molecule has 1 aliphatic rings. The van der Waals surface area contributed by atoms with Gasteiger partial charge in [0.1, 0.15) is 16.6 Å². The van der Waals surface area contributed by atoms with Crippen LogP contribution in [0, 0.1) is 33.1 Å². The lowest BCUT2D eigenvalue weighted by atomic mass is 10.1. The Labute approximate surface area is 169 Å². The van der Waals surface area contributed by atoms with Gasteiger partial charge in [-0.15, -0.1) is 11.3 Å². The van der Waals surface area contributed by atoms with Crippen LogP contribution in [0.3, 0.4) is 0 Å². The lowest BCUT2D eigenvalue weighted by Gasteiger charge is -2.21. The summed E-state index contributed by atoms with van der Waals surface area (Å²) >= 11 is 1.53. The van der Waals surface area contributed by atoms with Crippen LogP contribution >= 0.6 is 11.3 Å². The zero-order valence-corrected chi connectivity index (χ0v) is 17.3. The number of nitrogens with one attached hydrogen (secondary N) is 1. The summed E-state index contributed by atoms with van der Waals surface area (Å²) < 4.78 is 0. The van der Waals surface area contributed by atoms with E-state index in [0.717, 1.165) is 32.9 Å². The summed E-state index contributed by atoms with van der Waals surface area (Å²) in [5.74, 6) is 0.505. The van der Waals surface area contributed by atoms with Crippen LogP contribution in [0.4, 0.5) is 5.69 Å². The summed E-state index contributed by atoms with van der Waals surface area (Å²) in [7, 11) is 0. The highest BCUT2D eigenvalue weighted by atomic mass is 32.1. The summed E-state index contributed by atoms with van der Waals surface area (Å²) in [5, 5.41) is 20.1. The maximum atomic E-state index is 10.7. The number of benzene rings is 2. The van der Waals surface area contributed by atoms with Crippen molar-refractivity contribution in [3.63, 3.8) is 0 Å². The number of hydrogen-bond donors (Lipinski definition) is 2. The highest BCUT2D eigenvalue weighted by molar-refractivity contribution is 7.13. The van der Waals surface area contributed by atoms with Crippen molar-refractivity contribution in [2.24, 2.45) is 0 Å². The quantitative estimate of drug-likeness (QED) is 0.594. The number of aryl methyl sites for hydroxylation is 4. The molecule has 0 radical (unpaired) electrons. The van der Waals surface area contributed by atoms with Crippen LogP contribution in [-0.2, 0) is 0 Å². The Hall–Kier alpha value is -2.92. The largest absolute Gasteiger partial charge is 0.510 e. The molecular weight excluding hydrogens is 366 g/mol. The summed E-state index contributed by atoms with van der Waals surface area (Å²) in [6, 6.07) is 14.5. The topological polar surface area (TPSA) is 60.2 Å². The number of aliphatic hydroxyl groups is 1. The normalized spacial score (nSPS) is 14.3. The Morgan fingerprint density at radius 1 is 1.00 bits per heavy atom. The first-order chi connectivity index (χ1) is 13.3. The third kappa shape index (κ3) is 3.12. The molecule has 4 nitrogen and oxygen atoms in total. The third-order valence-electron chi connectivity index (χ3n) is 5.09. The van der Waals surface area contributed by atoms with Crippen molar-refractivity contribution < 1.29 is 5.11 Å². The number of anilines is 1. The molecule has 0 unspecified atom stereocenters. The minimum Gasteiger partial charge on any atom is -0.510 e. The van der Waals surface area contributed by atoms with E-state index in [9.17, 15) is 5.11 Å². The van der Waals surface area contributed by atoms with Crippen LogP contribution in [-0.4, -0.2) is 22.5 Å². The molecule has 3 aromatic rings. The molecule has 0 saturated carbocycles. The number of nitrogens with zero attached hydrogens (tertiary/aromatic N) is 2.